The lowest BCUT2D eigenvalue weighted by molar-refractivity contribution is -0.0614. The molecular formula is C15H21FN2O2. The van der Waals surface area contributed by atoms with Crippen molar-refractivity contribution in [3.63, 3.8) is 0 Å². The van der Waals surface area contributed by atoms with Crippen LogP contribution in [0.4, 0.5) is 10.2 Å². The summed E-state index contributed by atoms with van der Waals surface area (Å²) in [5.74, 6) is 0.0735. The number of hydrogen-bond donors (Lipinski definition) is 2. The zero-order valence-electron chi connectivity index (χ0n) is 11.6. The average Bonchev–Trinajstić information content (AvgIpc) is 2.47. The largest absolute Gasteiger partial charge is 0.392 e. The second-order valence-corrected chi connectivity index (χ2v) is 6.01. The van der Waals surface area contributed by atoms with Crippen molar-refractivity contribution in [2.75, 3.05) is 18.0 Å². The molecule has 2 unspecified atom stereocenters. The zero-order chi connectivity index (χ0) is 14.2. The van der Waals surface area contributed by atoms with Gasteiger partial charge in [-0.05, 0) is 25.3 Å². The summed E-state index contributed by atoms with van der Waals surface area (Å²) in [6.45, 7) is 0.948. The van der Waals surface area contributed by atoms with Crippen LogP contribution in [0.2, 0.25) is 0 Å². The molecule has 2 aliphatic rings. The van der Waals surface area contributed by atoms with Crippen molar-refractivity contribution in [2.24, 2.45) is 5.92 Å². The monoisotopic (exact) mass is 280 g/mol. The summed E-state index contributed by atoms with van der Waals surface area (Å²) in [6.07, 6.45) is 6.27. The van der Waals surface area contributed by atoms with Crippen molar-refractivity contribution >= 4 is 5.82 Å². The van der Waals surface area contributed by atoms with E-state index < -0.39 is 11.4 Å². The Balaban J connectivity index is 1.83. The first-order valence-corrected chi connectivity index (χ1v) is 7.35. The Hall–Kier alpha value is -1.20. The summed E-state index contributed by atoms with van der Waals surface area (Å²) in [5, 5.41) is 19.8. The fraction of sp³-hybridized carbons (Fsp3) is 0.667. The van der Waals surface area contributed by atoms with E-state index in [1.165, 1.54) is 12.3 Å². The summed E-state index contributed by atoms with van der Waals surface area (Å²) < 4.78 is 14.3. The minimum absolute atomic E-state index is 0.198. The number of aliphatic hydroxyl groups is 2. The fourth-order valence-electron chi connectivity index (χ4n) is 3.58. The molecule has 110 valence electrons. The normalized spacial score (nSPS) is 30.1. The van der Waals surface area contributed by atoms with E-state index in [2.05, 4.69) is 4.98 Å². The molecule has 4 nitrogen and oxygen atoms in total. The second kappa shape index (κ2) is 5.30. The first kappa shape index (κ1) is 13.8. The molecular weight excluding hydrogens is 259 g/mol. The van der Waals surface area contributed by atoms with Gasteiger partial charge in [-0.25, -0.2) is 9.37 Å². The maximum atomic E-state index is 14.3. The predicted molar refractivity (Wildman–Crippen MR) is 73.9 cm³/mol. The summed E-state index contributed by atoms with van der Waals surface area (Å²) in [7, 11) is 0. The van der Waals surface area contributed by atoms with Gasteiger partial charge in [0.2, 0.25) is 0 Å². The molecule has 5 heteroatoms. The molecule has 20 heavy (non-hydrogen) atoms. The lowest BCUT2D eigenvalue weighted by Crippen LogP contribution is -2.53. The number of rotatable bonds is 2. The van der Waals surface area contributed by atoms with E-state index in [1.807, 2.05) is 4.90 Å². The van der Waals surface area contributed by atoms with Crippen LogP contribution in [0.3, 0.4) is 0 Å². The lowest BCUT2D eigenvalue weighted by Gasteiger charge is -2.47. The Labute approximate surface area is 118 Å². The van der Waals surface area contributed by atoms with Gasteiger partial charge in [0, 0.05) is 30.8 Å². The van der Waals surface area contributed by atoms with Crippen LogP contribution in [-0.4, -0.2) is 33.9 Å². The van der Waals surface area contributed by atoms with Gasteiger partial charge < -0.3 is 15.1 Å². The third-order valence-electron chi connectivity index (χ3n) is 4.85. The van der Waals surface area contributed by atoms with Crippen LogP contribution in [0.1, 0.15) is 37.7 Å². The fourth-order valence-corrected chi connectivity index (χ4v) is 3.58. The molecule has 1 saturated carbocycles. The van der Waals surface area contributed by atoms with Crippen LogP contribution < -0.4 is 4.90 Å². The van der Waals surface area contributed by atoms with Crippen molar-refractivity contribution in [2.45, 2.75) is 44.3 Å². The number of piperidine rings is 1. The SMILES string of the molecule is OCc1ccnc(N2CCC3(O)CCCCC3C2)c1F. The number of fused-ring (bicyclic) bond motifs is 1. The van der Waals surface area contributed by atoms with Crippen molar-refractivity contribution in [3.05, 3.63) is 23.6 Å². The molecule has 2 heterocycles. The Morgan fingerprint density at radius 3 is 3.05 bits per heavy atom. The molecule has 1 aromatic heterocycles. The van der Waals surface area contributed by atoms with E-state index in [0.29, 0.717) is 25.3 Å². The molecule has 2 atom stereocenters. The second-order valence-electron chi connectivity index (χ2n) is 6.01. The summed E-state index contributed by atoms with van der Waals surface area (Å²) >= 11 is 0. The molecule has 0 aromatic carbocycles. The van der Waals surface area contributed by atoms with Crippen LogP contribution in [0.25, 0.3) is 0 Å². The molecule has 2 N–H and O–H groups in total. The minimum Gasteiger partial charge on any atom is -0.392 e. The highest BCUT2D eigenvalue weighted by atomic mass is 19.1. The van der Waals surface area contributed by atoms with E-state index >= 15 is 0 Å². The van der Waals surface area contributed by atoms with Gasteiger partial charge in [0.25, 0.3) is 0 Å². The van der Waals surface area contributed by atoms with Gasteiger partial charge in [0.05, 0.1) is 12.2 Å². The van der Waals surface area contributed by atoms with Crippen molar-refractivity contribution in [1.82, 2.24) is 4.98 Å². The van der Waals surface area contributed by atoms with Gasteiger partial charge >= 0.3 is 0 Å². The number of nitrogens with zero attached hydrogens (tertiary/aromatic N) is 2. The van der Waals surface area contributed by atoms with Gasteiger partial charge in [-0.2, -0.15) is 0 Å². The average molecular weight is 280 g/mol. The van der Waals surface area contributed by atoms with E-state index in [9.17, 15) is 9.50 Å². The van der Waals surface area contributed by atoms with E-state index in [4.69, 9.17) is 5.11 Å². The Morgan fingerprint density at radius 1 is 1.40 bits per heavy atom. The van der Waals surface area contributed by atoms with E-state index in [0.717, 1.165) is 25.7 Å². The highest BCUT2D eigenvalue weighted by molar-refractivity contribution is 5.44. The number of halogens is 1. The quantitative estimate of drug-likeness (QED) is 0.868. The molecule has 1 saturated heterocycles. The van der Waals surface area contributed by atoms with Crippen LogP contribution in [-0.2, 0) is 6.61 Å². The molecule has 1 aliphatic carbocycles. The van der Waals surface area contributed by atoms with Crippen LogP contribution in [0, 0.1) is 11.7 Å². The number of aromatic nitrogens is 1. The van der Waals surface area contributed by atoms with E-state index in [-0.39, 0.29) is 18.1 Å². The molecule has 1 aromatic rings. The molecule has 0 radical (unpaired) electrons. The standard InChI is InChI=1S/C15H21FN2O2/c16-13-11(10-19)4-7-17-14(13)18-8-6-15(20)5-2-1-3-12(15)9-18/h4,7,12,19-20H,1-3,5-6,8-10H2. The number of hydrogen-bond acceptors (Lipinski definition) is 4. The summed E-state index contributed by atoms with van der Waals surface area (Å²) in [6, 6.07) is 1.50. The van der Waals surface area contributed by atoms with Gasteiger partial charge in [-0.15, -0.1) is 0 Å². The van der Waals surface area contributed by atoms with Crippen molar-refractivity contribution < 1.29 is 14.6 Å². The molecule has 0 amide bonds. The molecule has 3 rings (SSSR count). The molecule has 2 fully saturated rings. The zero-order valence-corrected chi connectivity index (χ0v) is 11.6. The maximum Gasteiger partial charge on any atom is 0.171 e. The van der Waals surface area contributed by atoms with Crippen molar-refractivity contribution in [1.29, 1.82) is 0 Å². The summed E-state index contributed by atoms with van der Waals surface area (Å²) in [5.41, 5.74) is -0.292. The predicted octanol–water partition coefficient (Wildman–Crippen LogP) is 1.84. The summed E-state index contributed by atoms with van der Waals surface area (Å²) in [4.78, 5) is 6.04. The lowest BCUT2D eigenvalue weighted by atomic mass is 9.71. The van der Waals surface area contributed by atoms with Gasteiger partial charge in [-0.1, -0.05) is 12.8 Å². The molecule has 1 aliphatic heterocycles. The molecule has 0 bridgehead atoms. The first-order valence-electron chi connectivity index (χ1n) is 7.35. The van der Waals surface area contributed by atoms with Crippen LogP contribution >= 0.6 is 0 Å². The number of anilines is 1. The minimum atomic E-state index is -0.570. The van der Waals surface area contributed by atoms with Crippen LogP contribution in [0.15, 0.2) is 12.3 Å². The van der Waals surface area contributed by atoms with Crippen molar-refractivity contribution in [3.8, 4) is 0 Å². The third-order valence-corrected chi connectivity index (χ3v) is 4.85. The third kappa shape index (κ3) is 2.29. The Bertz CT molecular complexity index is 497. The number of pyridine rings is 1. The van der Waals surface area contributed by atoms with E-state index in [1.54, 1.807) is 0 Å². The topological polar surface area (TPSA) is 56.6 Å². The maximum absolute atomic E-state index is 14.3. The Morgan fingerprint density at radius 2 is 2.25 bits per heavy atom. The Kier molecular flexibility index (Phi) is 3.65. The van der Waals surface area contributed by atoms with Gasteiger partial charge in [-0.3, -0.25) is 0 Å². The smallest absolute Gasteiger partial charge is 0.171 e. The first-order chi connectivity index (χ1) is 9.64. The highest BCUT2D eigenvalue weighted by Gasteiger charge is 2.43. The number of aliphatic hydroxyl groups excluding tert-OH is 1. The van der Waals surface area contributed by atoms with Crippen LogP contribution in [0.5, 0.6) is 0 Å². The molecule has 0 spiro atoms. The van der Waals surface area contributed by atoms with Gasteiger partial charge in [0.15, 0.2) is 11.6 Å². The van der Waals surface area contributed by atoms with Gasteiger partial charge in [0.1, 0.15) is 0 Å². The highest BCUT2D eigenvalue weighted by Crippen LogP contribution is 2.41.